The third-order valence-electron chi connectivity index (χ3n) is 6.44. The van der Waals surface area contributed by atoms with Gasteiger partial charge in [0, 0.05) is 41.5 Å². The number of carbonyl (C=O) groups excluding carboxylic acids is 1. The number of anilines is 2. The summed E-state index contributed by atoms with van der Waals surface area (Å²) in [6.07, 6.45) is -2.53. The molecule has 5 rings (SSSR count). The molecule has 0 unspecified atom stereocenters. The summed E-state index contributed by atoms with van der Waals surface area (Å²) in [5, 5.41) is 16.4. The Morgan fingerprint density at radius 1 is 1.14 bits per heavy atom. The molecule has 2 aromatic carbocycles. The number of amides is 1. The van der Waals surface area contributed by atoms with E-state index in [1.165, 1.54) is 11.2 Å². The Hall–Kier alpha value is -4.36. The van der Waals surface area contributed by atoms with Crippen LogP contribution in [0.2, 0.25) is 5.02 Å². The van der Waals surface area contributed by atoms with Crippen LogP contribution in [-0.4, -0.2) is 42.6 Å². The van der Waals surface area contributed by atoms with Gasteiger partial charge in [-0.3, -0.25) is 0 Å². The molecule has 0 spiro atoms. The van der Waals surface area contributed by atoms with Crippen molar-refractivity contribution >= 4 is 51.6 Å². The summed E-state index contributed by atoms with van der Waals surface area (Å²) < 4.78 is 46.7. The van der Waals surface area contributed by atoms with Crippen molar-refractivity contribution in [2.45, 2.75) is 39.0 Å². The molecule has 14 heteroatoms. The first-order valence-electron chi connectivity index (χ1n) is 13.0. The number of hydrogen-bond acceptors (Lipinski definition) is 8. The van der Waals surface area contributed by atoms with E-state index in [0.717, 1.165) is 16.7 Å². The van der Waals surface area contributed by atoms with Crippen molar-refractivity contribution in [2.75, 3.05) is 11.9 Å². The van der Waals surface area contributed by atoms with Crippen molar-refractivity contribution in [3.63, 3.8) is 0 Å². The molecule has 0 saturated carbocycles. The second-order valence-corrected chi connectivity index (χ2v) is 11.8. The van der Waals surface area contributed by atoms with E-state index in [0.29, 0.717) is 46.1 Å². The Morgan fingerprint density at radius 2 is 1.93 bits per heavy atom. The van der Waals surface area contributed by atoms with Crippen molar-refractivity contribution in [1.82, 2.24) is 24.4 Å². The molecule has 0 aliphatic carbocycles. The Bertz CT molecular complexity index is 1780. The zero-order chi connectivity index (χ0) is 30.9. The Balaban J connectivity index is 1.33. The molecule has 0 aliphatic heterocycles. The van der Waals surface area contributed by atoms with Gasteiger partial charge in [0.1, 0.15) is 34.4 Å². The number of rotatable bonds is 8. The molecule has 1 amide bonds. The standard InChI is InChI=1S/C29H26ClF3N6O3S/c1-28(2,3)39(27(40)41)12-11-38-10-9-21-24(38)25(35-16-34-21)36-18-7-8-22(20(30)14-18)42-19-6-4-5-17(13-19)26-37-23(15-43-26)29(31,32)33/h4-10,13-16H,11-12H2,1-3H3,(H,40,41)(H,34,35,36)/p-1. The largest absolute Gasteiger partial charge is 0.530 e. The van der Waals surface area contributed by atoms with Gasteiger partial charge in [-0.15, -0.1) is 11.3 Å². The van der Waals surface area contributed by atoms with E-state index in [2.05, 4.69) is 20.3 Å². The second-order valence-electron chi connectivity index (χ2n) is 10.5. The van der Waals surface area contributed by atoms with Crippen LogP contribution in [0.15, 0.2) is 66.4 Å². The number of carbonyl (C=O) groups is 1. The van der Waals surface area contributed by atoms with Crippen LogP contribution in [0.1, 0.15) is 26.5 Å². The fourth-order valence-electron chi connectivity index (χ4n) is 4.37. The number of hydrogen-bond donors (Lipinski definition) is 1. The SMILES string of the molecule is CC(C)(C)N(CCn1ccc2ncnc(Nc3ccc(Oc4cccc(-c5nc(C(F)(F)F)cs5)c4)c(Cl)c3)c21)C(=O)[O-]. The molecule has 0 fully saturated rings. The van der Waals surface area contributed by atoms with Crippen LogP contribution in [0.25, 0.3) is 21.6 Å². The highest BCUT2D eigenvalue weighted by Crippen LogP contribution is 2.37. The molecule has 0 bridgehead atoms. The molecular weight excluding hydrogens is 605 g/mol. The smallest absolute Gasteiger partial charge is 0.434 e. The summed E-state index contributed by atoms with van der Waals surface area (Å²) in [7, 11) is 0. The summed E-state index contributed by atoms with van der Waals surface area (Å²) in [4.78, 5) is 25.3. The third-order valence-corrected chi connectivity index (χ3v) is 7.63. The van der Waals surface area contributed by atoms with Gasteiger partial charge in [0.15, 0.2) is 11.5 Å². The number of nitrogens with zero attached hydrogens (tertiary/aromatic N) is 5. The molecule has 5 aromatic rings. The monoisotopic (exact) mass is 629 g/mol. The number of halogens is 4. The number of thiazole rings is 1. The highest BCUT2D eigenvalue weighted by atomic mass is 35.5. The molecule has 43 heavy (non-hydrogen) atoms. The fourth-order valence-corrected chi connectivity index (χ4v) is 5.42. The third kappa shape index (κ3) is 6.83. The molecule has 1 N–H and O–H groups in total. The van der Waals surface area contributed by atoms with Gasteiger partial charge in [-0.05, 0) is 57.2 Å². The second kappa shape index (κ2) is 11.7. The average molecular weight is 630 g/mol. The summed E-state index contributed by atoms with van der Waals surface area (Å²) in [6.45, 7) is 5.95. The lowest BCUT2D eigenvalue weighted by Gasteiger charge is -2.38. The fraction of sp³-hybridized carbons (Fsp3) is 0.241. The van der Waals surface area contributed by atoms with Crippen molar-refractivity contribution in [1.29, 1.82) is 0 Å². The van der Waals surface area contributed by atoms with E-state index in [1.807, 2.05) is 16.8 Å². The number of aromatic nitrogens is 4. The van der Waals surface area contributed by atoms with E-state index >= 15 is 0 Å². The van der Waals surface area contributed by atoms with Crippen LogP contribution in [0.3, 0.4) is 0 Å². The lowest BCUT2D eigenvalue weighted by Crippen LogP contribution is -2.52. The van der Waals surface area contributed by atoms with Crippen molar-refractivity contribution in [3.05, 3.63) is 77.2 Å². The van der Waals surface area contributed by atoms with Crippen molar-refractivity contribution in [2.24, 2.45) is 0 Å². The highest BCUT2D eigenvalue weighted by Gasteiger charge is 2.33. The van der Waals surface area contributed by atoms with Crippen LogP contribution in [0.5, 0.6) is 11.5 Å². The molecule has 0 aliphatic rings. The molecule has 3 heterocycles. The zero-order valence-electron chi connectivity index (χ0n) is 23.1. The number of ether oxygens (including phenoxy) is 1. The van der Waals surface area contributed by atoms with Crippen LogP contribution in [0, 0.1) is 0 Å². The van der Waals surface area contributed by atoms with Gasteiger partial charge in [0.25, 0.3) is 0 Å². The molecule has 224 valence electrons. The van der Waals surface area contributed by atoms with E-state index in [1.54, 1.807) is 63.2 Å². The first-order valence-corrected chi connectivity index (χ1v) is 14.2. The maximum atomic E-state index is 13.0. The topological polar surface area (TPSA) is 108 Å². The van der Waals surface area contributed by atoms with E-state index < -0.39 is 23.5 Å². The number of carboxylic acid groups (broad SMARTS) is 1. The van der Waals surface area contributed by atoms with E-state index in [4.69, 9.17) is 16.3 Å². The maximum absolute atomic E-state index is 13.0. The van der Waals surface area contributed by atoms with Crippen LogP contribution in [0.4, 0.5) is 29.5 Å². The first-order chi connectivity index (χ1) is 20.3. The Kier molecular flexibility index (Phi) is 8.21. The number of fused-ring (bicyclic) bond motifs is 1. The number of alkyl halides is 3. The van der Waals surface area contributed by atoms with Crippen molar-refractivity contribution in [3.8, 4) is 22.1 Å². The molecule has 0 saturated heterocycles. The molecule has 9 nitrogen and oxygen atoms in total. The summed E-state index contributed by atoms with van der Waals surface area (Å²) in [5.41, 5.74) is 0.864. The minimum Gasteiger partial charge on any atom is -0.530 e. The predicted octanol–water partition coefficient (Wildman–Crippen LogP) is 7.21. The number of nitrogens with one attached hydrogen (secondary N) is 1. The van der Waals surface area contributed by atoms with Gasteiger partial charge in [-0.2, -0.15) is 13.2 Å². The van der Waals surface area contributed by atoms with Crippen LogP contribution in [-0.2, 0) is 12.7 Å². The van der Waals surface area contributed by atoms with Gasteiger partial charge < -0.3 is 29.4 Å². The van der Waals surface area contributed by atoms with Gasteiger partial charge in [-0.1, -0.05) is 23.7 Å². The van der Waals surface area contributed by atoms with Gasteiger partial charge in [-0.25, -0.2) is 15.0 Å². The summed E-state index contributed by atoms with van der Waals surface area (Å²) in [6, 6.07) is 13.4. The summed E-state index contributed by atoms with van der Waals surface area (Å²) in [5.74, 6) is 1.20. The van der Waals surface area contributed by atoms with E-state index in [-0.39, 0.29) is 16.6 Å². The Morgan fingerprint density at radius 3 is 2.60 bits per heavy atom. The molecule has 0 atom stereocenters. The summed E-state index contributed by atoms with van der Waals surface area (Å²) >= 11 is 7.43. The van der Waals surface area contributed by atoms with Crippen molar-refractivity contribution < 1.29 is 27.8 Å². The van der Waals surface area contributed by atoms with Gasteiger partial charge >= 0.3 is 6.18 Å². The van der Waals surface area contributed by atoms with E-state index in [9.17, 15) is 23.1 Å². The zero-order valence-corrected chi connectivity index (χ0v) is 24.7. The maximum Gasteiger partial charge on any atom is 0.434 e. The van der Waals surface area contributed by atoms with Gasteiger partial charge in [0.05, 0.1) is 10.5 Å². The first kappa shape index (κ1) is 30.1. The minimum absolute atomic E-state index is 0.203. The van der Waals surface area contributed by atoms with Crippen LogP contribution >= 0.6 is 22.9 Å². The van der Waals surface area contributed by atoms with Crippen LogP contribution < -0.4 is 15.2 Å². The highest BCUT2D eigenvalue weighted by molar-refractivity contribution is 7.13. The Labute approximate surface area is 253 Å². The normalized spacial score (nSPS) is 12.0. The molecular formula is C29H25ClF3N6O3S-. The molecule has 0 radical (unpaired) electrons. The predicted molar refractivity (Wildman–Crippen MR) is 157 cm³/mol. The quantitative estimate of drug-likeness (QED) is 0.193. The minimum atomic E-state index is -4.52. The lowest BCUT2D eigenvalue weighted by atomic mass is 10.1. The van der Waals surface area contributed by atoms with Gasteiger partial charge in [0.2, 0.25) is 0 Å². The molecule has 3 aromatic heterocycles. The number of benzene rings is 2. The lowest BCUT2D eigenvalue weighted by molar-refractivity contribution is -0.270. The average Bonchev–Trinajstić information content (AvgIpc) is 3.58.